The van der Waals surface area contributed by atoms with Crippen molar-refractivity contribution >= 4 is 5.91 Å². The van der Waals surface area contributed by atoms with E-state index >= 15 is 0 Å². The Morgan fingerprint density at radius 1 is 1.25 bits per heavy atom. The molecule has 116 valence electrons. The highest BCUT2D eigenvalue weighted by Gasteiger charge is 2.33. The van der Waals surface area contributed by atoms with E-state index in [-0.39, 0.29) is 11.9 Å². The molecule has 1 saturated heterocycles. The Morgan fingerprint density at radius 2 is 1.95 bits per heavy atom. The average Bonchev–Trinajstić information content (AvgIpc) is 3.03. The summed E-state index contributed by atoms with van der Waals surface area (Å²) in [6.45, 7) is 6.34. The number of nitrogens with one attached hydrogen (secondary N) is 1. The molecule has 2 atom stereocenters. The maximum Gasteiger partial charge on any atom is 0.234 e. The summed E-state index contributed by atoms with van der Waals surface area (Å²) in [7, 11) is 0. The molecule has 2 aliphatic rings. The molecule has 0 bridgehead atoms. The van der Waals surface area contributed by atoms with Crippen LogP contribution in [0.25, 0.3) is 0 Å². The average molecular weight is 281 g/mol. The van der Waals surface area contributed by atoms with E-state index in [0.29, 0.717) is 6.04 Å². The van der Waals surface area contributed by atoms with Crippen molar-refractivity contribution in [2.45, 2.75) is 76.9 Å². The van der Waals surface area contributed by atoms with E-state index in [1.165, 1.54) is 45.1 Å². The van der Waals surface area contributed by atoms with Crippen LogP contribution in [0.2, 0.25) is 0 Å². The number of carbonyl (C=O) groups is 1. The smallest absolute Gasteiger partial charge is 0.234 e. The van der Waals surface area contributed by atoms with Gasteiger partial charge in [-0.15, -0.1) is 0 Å². The van der Waals surface area contributed by atoms with Crippen molar-refractivity contribution in [1.82, 2.24) is 10.2 Å². The number of hydrogen-bond acceptors (Lipinski definition) is 3. The van der Waals surface area contributed by atoms with Gasteiger partial charge in [0, 0.05) is 18.6 Å². The second kappa shape index (κ2) is 7.41. The third-order valence-electron chi connectivity index (χ3n) is 4.94. The summed E-state index contributed by atoms with van der Waals surface area (Å²) < 4.78 is 0. The zero-order valence-electron chi connectivity index (χ0n) is 13.1. The van der Waals surface area contributed by atoms with Gasteiger partial charge in [-0.05, 0) is 44.6 Å². The highest BCUT2D eigenvalue weighted by Crippen LogP contribution is 2.35. The Hall–Kier alpha value is -0.610. The third-order valence-corrected chi connectivity index (χ3v) is 4.94. The van der Waals surface area contributed by atoms with Gasteiger partial charge in [0.1, 0.15) is 0 Å². The molecule has 1 amide bonds. The number of carbonyl (C=O) groups excluding carboxylic acids is 1. The van der Waals surface area contributed by atoms with Crippen LogP contribution in [0.1, 0.15) is 58.8 Å². The summed E-state index contributed by atoms with van der Waals surface area (Å²) in [5.74, 6) is 0.692. The zero-order chi connectivity index (χ0) is 14.5. The number of rotatable bonds is 7. The Labute approximate surface area is 123 Å². The minimum atomic E-state index is -0.213. The number of hydrogen-bond donors (Lipinski definition) is 2. The summed E-state index contributed by atoms with van der Waals surface area (Å²) in [5.41, 5.74) is 5.51. The van der Waals surface area contributed by atoms with Crippen LogP contribution in [0.5, 0.6) is 0 Å². The van der Waals surface area contributed by atoms with Crippen molar-refractivity contribution in [3.8, 4) is 0 Å². The maximum absolute atomic E-state index is 11.5. The molecule has 2 fully saturated rings. The van der Waals surface area contributed by atoms with E-state index in [2.05, 4.69) is 24.1 Å². The third kappa shape index (κ3) is 4.19. The molecule has 2 rings (SSSR count). The molecule has 20 heavy (non-hydrogen) atoms. The Morgan fingerprint density at radius 3 is 2.55 bits per heavy atom. The molecule has 0 aromatic heterocycles. The van der Waals surface area contributed by atoms with Gasteiger partial charge in [-0.3, -0.25) is 4.79 Å². The lowest BCUT2D eigenvalue weighted by molar-refractivity contribution is -0.120. The fourth-order valence-electron chi connectivity index (χ4n) is 4.01. The molecule has 0 radical (unpaired) electrons. The molecule has 2 unspecified atom stereocenters. The van der Waals surface area contributed by atoms with Crippen LogP contribution in [0.4, 0.5) is 0 Å². The van der Waals surface area contributed by atoms with Crippen LogP contribution in [-0.4, -0.2) is 42.0 Å². The molecular weight excluding hydrogens is 250 g/mol. The highest BCUT2D eigenvalue weighted by molar-refractivity contribution is 5.79. The van der Waals surface area contributed by atoms with Crippen LogP contribution >= 0.6 is 0 Å². The van der Waals surface area contributed by atoms with E-state index in [4.69, 9.17) is 5.73 Å². The van der Waals surface area contributed by atoms with Crippen molar-refractivity contribution in [2.24, 2.45) is 11.7 Å². The minimum absolute atomic E-state index is 0.181. The van der Waals surface area contributed by atoms with Crippen LogP contribution in [0, 0.1) is 5.92 Å². The molecule has 1 aliphatic heterocycles. The summed E-state index contributed by atoms with van der Waals surface area (Å²) in [5, 5.41) is 3.29. The second-order valence-electron chi connectivity index (χ2n) is 6.86. The van der Waals surface area contributed by atoms with Gasteiger partial charge in [0.2, 0.25) is 5.91 Å². The molecule has 1 saturated carbocycles. The van der Waals surface area contributed by atoms with Crippen LogP contribution in [0.15, 0.2) is 0 Å². The first-order valence-corrected chi connectivity index (χ1v) is 8.37. The van der Waals surface area contributed by atoms with Gasteiger partial charge in [0.15, 0.2) is 0 Å². The molecule has 0 aromatic rings. The summed E-state index contributed by atoms with van der Waals surface area (Å²) >= 11 is 0. The Kier molecular flexibility index (Phi) is 5.85. The van der Waals surface area contributed by atoms with E-state index < -0.39 is 0 Å². The summed E-state index contributed by atoms with van der Waals surface area (Å²) in [6, 6.07) is 0.890. The molecule has 1 heterocycles. The molecule has 4 nitrogen and oxygen atoms in total. The van der Waals surface area contributed by atoms with Gasteiger partial charge in [-0.25, -0.2) is 0 Å². The van der Waals surface area contributed by atoms with Gasteiger partial charge >= 0.3 is 0 Å². The van der Waals surface area contributed by atoms with Crippen molar-refractivity contribution in [3.05, 3.63) is 0 Å². The normalized spacial score (nSPS) is 26.4. The Bertz CT molecular complexity index is 313. The lowest BCUT2D eigenvalue weighted by Gasteiger charge is -2.30. The van der Waals surface area contributed by atoms with Gasteiger partial charge in [-0.1, -0.05) is 26.7 Å². The van der Waals surface area contributed by atoms with Crippen molar-refractivity contribution < 1.29 is 4.79 Å². The lowest BCUT2D eigenvalue weighted by Crippen LogP contribution is -2.47. The monoisotopic (exact) mass is 281 g/mol. The predicted octanol–water partition coefficient (Wildman–Crippen LogP) is 1.88. The molecule has 1 aliphatic carbocycles. The van der Waals surface area contributed by atoms with Gasteiger partial charge in [0.25, 0.3) is 0 Å². The first kappa shape index (κ1) is 15.8. The van der Waals surface area contributed by atoms with Crippen molar-refractivity contribution in [2.75, 3.05) is 13.1 Å². The number of amides is 1. The van der Waals surface area contributed by atoms with Crippen molar-refractivity contribution in [1.29, 1.82) is 0 Å². The Balaban J connectivity index is 1.83. The van der Waals surface area contributed by atoms with E-state index in [0.717, 1.165) is 24.9 Å². The van der Waals surface area contributed by atoms with Gasteiger partial charge in [0.05, 0.1) is 6.04 Å². The predicted molar refractivity (Wildman–Crippen MR) is 82.4 cm³/mol. The topological polar surface area (TPSA) is 58.4 Å². The lowest BCUT2D eigenvalue weighted by atomic mass is 9.96. The fraction of sp³-hybridized carbons (Fsp3) is 0.938. The largest absolute Gasteiger partial charge is 0.368 e. The van der Waals surface area contributed by atoms with Crippen LogP contribution < -0.4 is 11.1 Å². The van der Waals surface area contributed by atoms with E-state index in [1.54, 1.807) is 0 Å². The molecule has 3 N–H and O–H groups in total. The van der Waals surface area contributed by atoms with Gasteiger partial charge < -0.3 is 16.0 Å². The van der Waals surface area contributed by atoms with Crippen LogP contribution in [0.3, 0.4) is 0 Å². The number of nitrogens with two attached hydrogens (primary N) is 1. The standard InChI is InChI=1S/C16H31N3O/c1-12(2)18-14(16(17)20)9-11-19-10-5-8-15(19)13-6-3-4-7-13/h12-15,18H,3-11H2,1-2H3,(H2,17,20). The first-order valence-electron chi connectivity index (χ1n) is 8.37. The first-order chi connectivity index (χ1) is 9.58. The number of primary amides is 1. The second-order valence-corrected chi connectivity index (χ2v) is 6.86. The minimum Gasteiger partial charge on any atom is -0.368 e. The number of nitrogens with zero attached hydrogens (tertiary/aromatic N) is 1. The number of likely N-dealkylation sites (tertiary alicyclic amines) is 1. The highest BCUT2D eigenvalue weighted by atomic mass is 16.1. The summed E-state index contributed by atoms with van der Waals surface area (Å²) in [4.78, 5) is 14.1. The molecule has 0 aromatic carbocycles. The summed E-state index contributed by atoms with van der Waals surface area (Å²) in [6.07, 6.45) is 9.15. The fourth-order valence-corrected chi connectivity index (χ4v) is 4.01. The van der Waals surface area contributed by atoms with E-state index in [9.17, 15) is 4.79 Å². The molecule has 0 spiro atoms. The quantitative estimate of drug-likeness (QED) is 0.749. The molecule has 4 heteroatoms. The zero-order valence-corrected chi connectivity index (χ0v) is 13.1. The van der Waals surface area contributed by atoms with Crippen LogP contribution in [-0.2, 0) is 4.79 Å². The molecular formula is C16H31N3O. The van der Waals surface area contributed by atoms with E-state index in [1.807, 2.05) is 0 Å². The SMILES string of the molecule is CC(C)NC(CCN1CCCC1C1CCCC1)C(N)=O. The van der Waals surface area contributed by atoms with Crippen molar-refractivity contribution in [3.63, 3.8) is 0 Å². The maximum atomic E-state index is 11.5. The van der Waals surface area contributed by atoms with Gasteiger partial charge in [-0.2, -0.15) is 0 Å².